The number of fused-ring (bicyclic) bond motifs is 3. The first-order valence-electron chi connectivity index (χ1n) is 11.1. The molecule has 184 valence electrons. The highest BCUT2D eigenvalue weighted by atomic mass is 16.6. The SMILES string of the molecule is O=C(Oc1ccc2cc(OC(=O)c3ccc4c(c3)C(=O)OC4=O)ccc2c1)c1ccc2c(c1)C(=O)OC2=O. The lowest BCUT2D eigenvalue weighted by molar-refractivity contribution is 0.0425. The van der Waals surface area contributed by atoms with Crippen LogP contribution in [0, 0.1) is 0 Å². The summed E-state index contributed by atoms with van der Waals surface area (Å²) >= 11 is 0. The van der Waals surface area contributed by atoms with Crippen molar-refractivity contribution in [2.45, 2.75) is 0 Å². The highest BCUT2D eigenvalue weighted by molar-refractivity contribution is 6.16. The van der Waals surface area contributed by atoms with Crippen LogP contribution in [0.1, 0.15) is 62.1 Å². The number of hydrogen-bond acceptors (Lipinski definition) is 10. The zero-order chi connectivity index (χ0) is 26.6. The molecule has 2 heterocycles. The Bertz CT molecular complexity index is 1650. The Labute approximate surface area is 212 Å². The van der Waals surface area contributed by atoms with Crippen molar-refractivity contribution in [1.82, 2.24) is 0 Å². The van der Waals surface area contributed by atoms with E-state index in [-0.39, 0.29) is 44.9 Å². The van der Waals surface area contributed by atoms with Gasteiger partial charge in [-0.1, -0.05) is 12.1 Å². The second-order valence-corrected chi connectivity index (χ2v) is 8.32. The van der Waals surface area contributed by atoms with Gasteiger partial charge in [0.2, 0.25) is 0 Å². The maximum atomic E-state index is 12.6. The molecule has 0 unspecified atom stereocenters. The minimum Gasteiger partial charge on any atom is -0.423 e. The van der Waals surface area contributed by atoms with Crippen molar-refractivity contribution in [1.29, 1.82) is 0 Å². The lowest BCUT2D eigenvalue weighted by Gasteiger charge is -2.08. The largest absolute Gasteiger partial charge is 0.423 e. The standard InChI is InChI=1S/C28H12O10/c29-23(15-3-7-19-21(11-15)27(33)37-25(19)31)35-17-5-1-13-9-18(6-2-14(13)10-17)36-24(30)16-4-8-20-22(12-16)28(34)38-26(20)32/h1-12H. The summed E-state index contributed by atoms with van der Waals surface area (Å²) in [5, 5.41) is 1.36. The zero-order valence-corrected chi connectivity index (χ0v) is 19.0. The van der Waals surface area contributed by atoms with Gasteiger partial charge >= 0.3 is 35.8 Å². The molecule has 10 nitrogen and oxygen atoms in total. The Kier molecular flexibility index (Phi) is 5.09. The fourth-order valence-corrected chi connectivity index (χ4v) is 4.09. The van der Waals surface area contributed by atoms with Crippen LogP contribution in [0.25, 0.3) is 10.8 Å². The van der Waals surface area contributed by atoms with Crippen molar-refractivity contribution >= 4 is 46.6 Å². The van der Waals surface area contributed by atoms with E-state index in [1.165, 1.54) is 36.4 Å². The van der Waals surface area contributed by atoms with Gasteiger partial charge in [-0.05, 0) is 71.4 Å². The van der Waals surface area contributed by atoms with Crippen LogP contribution in [0.4, 0.5) is 0 Å². The minimum absolute atomic E-state index is 0.00153. The molecule has 10 heteroatoms. The number of ether oxygens (including phenoxy) is 4. The first-order chi connectivity index (χ1) is 18.3. The summed E-state index contributed by atoms with van der Waals surface area (Å²) in [4.78, 5) is 71.8. The van der Waals surface area contributed by atoms with E-state index in [0.717, 1.165) is 0 Å². The molecule has 0 spiro atoms. The Balaban J connectivity index is 1.18. The van der Waals surface area contributed by atoms with Gasteiger partial charge in [0.1, 0.15) is 11.5 Å². The lowest BCUT2D eigenvalue weighted by Crippen LogP contribution is -2.10. The average molecular weight is 508 g/mol. The monoisotopic (exact) mass is 508 g/mol. The molecule has 6 rings (SSSR count). The van der Waals surface area contributed by atoms with E-state index in [4.69, 9.17) is 9.47 Å². The predicted molar refractivity (Wildman–Crippen MR) is 126 cm³/mol. The Hall–Kier alpha value is -5.64. The molecule has 0 saturated carbocycles. The Morgan fingerprint density at radius 1 is 0.474 bits per heavy atom. The van der Waals surface area contributed by atoms with Gasteiger partial charge in [-0.2, -0.15) is 0 Å². The van der Waals surface area contributed by atoms with E-state index >= 15 is 0 Å². The molecular formula is C28H12O10. The molecule has 2 aliphatic heterocycles. The van der Waals surface area contributed by atoms with Gasteiger partial charge in [-0.3, -0.25) is 0 Å². The van der Waals surface area contributed by atoms with Crippen LogP contribution in [-0.4, -0.2) is 35.8 Å². The van der Waals surface area contributed by atoms with Crippen LogP contribution >= 0.6 is 0 Å². The second kappa shape index (κ2) is 8.49. The molecule has 0 aromatic heterocycles. The zero-order valence-electron chi connectivity index (χ0n) is 19.0. The molecule has 4 aromatic rings. The summed E-state index contributed by atoms with van der Waals surface area (Å²) < 4.78 is 19.9. The Morgan fingerprint density at radius 3 is 1.29 bits per heavy atom. The number of benzene rings is 4. The molecular weight excluding hydrogens is 496 g/mol. The van der Waals surface area contributed by atoms with E-state index in [1.807, 2.05) is 0 Å². The molecule has 0 N–H and O–H groups in total. The van der Waals surface area contributed by atoms with Crippen molar-refractivity contribution in [3.63, 3.8) is 0 Å². The molecule has 0 atom stereocenters. The number of carbonyl (C=O) groups is 6. The van der Waals surface area contributed by atoms with E-state index in [0.29, 0.717) is 10.8 Å². The summed E-state index contributed by atoms with van der Waals surface area (Å²) in [5.74, 6) is -4.19. The topological polar surface area (TPSA) is 139 Å². The Morgan fingerprint density at radius 2 is 0.868 bits per heavy atom. The van der Waals surface area contributed by atoms with Gasteiger partial charge in [0.15, 0.2) is 0 Å². The lowest BCUT2D eigenvalue weighted by atomic mass is 10.1. The van der Waals surface area contributed by atoms with Crippen molar-refractivity contribution < 1.29 is 47.7 Å². The van der Waals surface area contributed by atoms with Crippen LogP contribution in [0.3, 0.4) is 0 Å². The molecule has 0 fully saturated rings. The first-order valence-corrected chi connectivity index (χ1v) is 11.1. The van der Waals surface area contributed by atoms with Crippen LogP contribution in [-0.2, 0) is 9.47 Å². The van der Waals surface area contributed by atoms with E-state index in [1.54, 1.807) is 36.4 Å². The van der Waals surface area contributed by atoms with Crippen LogP contribution < -0.4 is 9.47 Å². The maximum Gasteiger partial charge on any atom is 0.346 e. The molecule has 0 saturated heterocycles. The highest BCUT2D eigenvalue weighted by Crippen LogP contribution is 2.28. The molecule has 2 aliphatic rings. The number of carbonyl (C=O) groups excluding carboxylic acids is 6. The van der Waals surface area contributed by atoms with Gasteiger partial charge in [-0.25, -0.2) is 28.8 Å². The molecule has 4 aromatic carbocycles. The van der Waals surface area contributed by atoms with Crippen molar-refractivity contribution in [3.05, 3.63) is 106 Å². The maximum absolute atomic E-state index is 12.6. The van der Waals surface area contributed by atoms with Gasteiger partial charge in [0, 0.05) is 0 Å². The third kappa shape index (κ3) is 3.86. The fourth-order valence-electron chi connectivity index (χ4n) is 4.09. The molecule has 0 radical (unpaired) electrons. The third-order valence-electron chi connectivity index (χ3n) is 5.97. The summed E-state index contributed by atoms with van der Waals surface area (Å²) in [7, 11) is 0. The predicted octanol–water partition coefficient (Wildman–Crippen LogP) is 3.90. The number of hydrogen-bond donors (Lipinski definition) is 0. The fraction of sp³-hybridized carbons (Fsp3) is 0. The van der Waals surface area contributed by atoms with Gasteiger partial charge < -0.3 is 18.9 Å². The molecule has 0 aliphatic carbocycles. The van der Waals surface area contributed by atoms with Crippen LogP contribution in [0.15, 0.2) is 72.8 Å². The summed E-state index contributed by atoms with van der Waals surface area (Å²) in [5.41, 5.74) is 0.311. The summed E-state index contributed by atoms with van der Waals surface area (Å²) in [6, 6.07) is 17.5. The quantitative estimate of drug-likeness (QED) is 0.226. The number of cyclic esters (lactones) is 4. The van der Waals surface area contributed by atoms with Gasteiger partial charge in [-0.15, -0.1) is 0 Å². The number of esters is 6. The van der Waals surface area contributed by atoms with Crippen LogP contribution in [0.5, 0.6) is 11.5 Å². The summed E-state index contributed by atoms with van der Waals surface area (Å²) in [6.45, 7) is 0. The minimum atomic E-state index is -0.823. The van der Waals surface area contributed by atoms with Crippen molar-refractivity contribution in [2.75, 3.05) is 0 Å². The van der Waals surface area contributed by atoms with Crippen LogP contribution in [0.2, 0.25) is 0 Å². The summed E-state index contributed by atoms with van der Waals surface area (Å²) in [6.07, 6.45) is 0. The average Bonchev–Trinajstić information content (AvgIpc) is 3.36. The first kappa shape index (κ1) is 22.8. The smallest absolute Gasteiger partial charge is 0.346 e. The van der Waals surface area contributed by atoms with E-state index in [2.05, 4.69) is 9.47 Å². The molecule has 0 bridgehead atoms. The highest BCUT2D eigenvalue weighted by Gasteiger charge is 2.31. The second-order valence-electron chi connectivity index (χ2n) is 8.32. The van der Waals surface area contributed by atoms with Gasteiger partial charge in [0.05, 0.1) is 33.4 Å². The number of rotatable bonds is 4. The van der Waals surface area contributed by atoms with E-state index < -0.39 is 35.8 Å². The van der Waals surface area contributed by atoms with Crippen molar-refractivity contribution in [3.8, 4) is 11.5 Å². The normalized spacial score (nSPS) is 13.6. The third-order valence-corrected chi connectivity index (χ3v) is 5.97. The molecule has 0 amide bonds. The van der Waals surface area contributed by atoms with E-state index in [9.17, 15) is 28.8 Å². The van der Waals surface area contributed by atoms with Gasteiger partial charge in [0.25, 0.3) is 0 Å². The molecule has 38 heavy (non-hydrogen) atoms. The van der Waals surface area contributed by atoms with Crippen molar-refractivity contribution in [2.24, 2.45) is 0 Å².